The summed E-state index contributed by atoms with van der Waals surface area (Å²) < 4.78 is 6.66. The van der Waals surface area contributed by atoms with Gasteiger partial charge < -0.3 is 9.14 Å². The van der Waals surface area contributed by atoms with Crippen LogP contribution in [0, 0.1) is 17.2 Å². The van der Waals surface area contributed by atoms with E-state index in [0.29, 0.717) is 17.1 Å². The third kappa shape index (κ3) is 2.97. The van der Waals surface area contributed by atoms with E-state index in [1.807, 2.05) is 41.9 Å². The largest absolute Gasteiger partial charge is 0.469 e. The Morgan fingerprint density at radius 1 is 1.55 bits per heavy atom. The Morgan fingerprint density at radius 2 is 2.35 bits per heavy atom. The number of hydrogen-bond acceptors (Lipinski definition) is 4. The van der Waals surface area contributed by atoms with E-state index in [4.69, 9.17) is 4.74 Å². The predicted octanol–water partition coefficient (Wildman–Crippen LogP) is 2.85. The Morgan fingerprint density at radius 3 is 3.05 bits per heavy atom. The van der Waals surface area contributed by atoms with Gasteiger partial charge in [0.15, 0.2) is 0 Å². The molecule has 4 nitrogen and oxygen atoms in total. The molecule has 20 heavy (non-hydrogen) atoms. The van der Waals surface area contributed by atoms with E-state index in [9.17, 15) is 10.1 Å². The van der Waals surface area contributed by atoms with Gasteiger partial charge in [-0.15, -0.1) is 0 Å². The second-order valence-electron chi connectivity index (χ2n) is 4.57. The number of carbonyl (C=O) groups excluding carboxylic acids is 1. The lowest BCUT2D eigenvalue weighted by molar-refractivity contribution is -0.143. The molecule has 0 saturated heterocycles. The molecule has 0 amide bonds. The van der Waals surface area contributed by atoms with Gasteiger partial charge in [-0.2, -0.15) is 17.0 Å². The summed E-state index contributed by atoms with van der Waals surface area (Å²) in [6.07, 6.45) is 3.91. The highest BCUT2D eigenvalue weighted by atomic mass is 32.2. The number of aromatic nitrogens is 1. The molecule has 0 saturated carbocycles. The van der Waals surface area contributed by atoms with Crippen molar-refractivity contribution >= 4 is 23.2 Å². The number of thioether (sulfide) groups is 1. The van der Waals surface area contributed by atoms with Crippen molar-refractivity contribution in [1.29, 1.82) is 5.26 Å². The number of nitriles is 1. The minimum Gasteiger partial charge on any atom is -0.469 e. The van der Waals surface area contributed by atoms with Crippen LogP contribution in [0.3, 0.4) is 0 Å². The Hall–Kier alpha value is -1.93. The highest BCUT2D eigenvalue weighted by molar-refractivity contribution is 7.98. The summed E-state index contributed by atoms with van der Waals surface area (Å²) in [5, 5.41) is 9.29. The zero-order valence-corrected chi connectivity index (χ0v) is 12.3. The fourth-order valence-corrected chi connectivity index (χ4v) is 3.08. The first-order valence-electron chi connectivity index (χ1n) is 6.31. The van der Waals surface area contributed by atoms with Crippen LogP contribution in [0.5, 0.6) is 0 Å². The number of methoxy groups -OCH3 is 1. The zero-order chi connectivity index (χ0) is 14.5. The van der Waals surface area contributed by atoms with Crippen molar-refractivity contribution in [3.05, 3.63) is 41.7 Å². The van der Waals surface area contributed by atoms with Crippen molar-refractivity contribution in [2.75, 3.05) is 12.9 Å². The predicted molar refractivity (Wildman–Crippen MR) is 79.5 cm³/mol. The van der Waals surface area contributed by atoms with Crippen molar-refractivity contribution in [3.63, 3.8) is 0 Å². The lowest BCUT2D eigenvalue weighted by atomic mass is 10.2. The quantitative estimate of drug-likeness (QED) is 0.794. The maximum Gasteiger partial charge on any atom is 0.309 e. The number of pyridine rings is 1. The van der Waals surface area contributed by atoms with Crippen molar-refractivity contribution in [2.24, 2.45) is 5.92 Å². The molecule has 0 aromatic carbocycles. The molecule has 0 radical (unpaired) electrons. The molecule has 2 rings (SSSR count). The summed E-state index contributed by atoms with van der Waals surface area (Å²) in [4.78, 5) is 11.3. The van der Waals surface area contributed by atoms with E-state index in [1.54, 1.807) is 11.8 Å². The summed E-state index contributed by atoms with van der Waals surface area (Å²) in [6.45, 7) is 1.85. The summed E-state index contributed by atoms with van der Waals surface area (Å²) >= 11 is 1.64. The van der Waals surface area contributed by atoms with Crippen LogP contribution < -0.4 is 0 Å². The molecule has 0 spiro atoms. The lowest BCUT2D eigenvalue weighted by Crippen LogP contribution is -2.14. The molecular formula is C15H16N2O2S. The molecule has 0 N–H and O–H groups in total. The Bertz CT molecular complexity index is 657. The number of rotatable bonds is 5. The number of nitrogens with zero attached hydrogens (tertiary/aromatic N) is 2. The van der Waals surface area contributed by atoms with Crippen LogP contribution in [0.4, 0.5) is 0 Å². The van der Waals surface area contributed by atoms with E-state index in [2.05, 4.69) is 6.07 Å². The van der Waals surface area contributed by atoms with Crippen molar-refractivity contribution in [1.82, 2.24) is 4.40 Å². The fraction of sp³-hybridized carbons (Fsp3) is 0.333. The molecule has 5 heteroatoms. The average Bonchev–Trinajstić information content (AvgIpc) is 2.83. The molecule has 0 aliphatic rings. The van der Waals surface area contributed by atoms with E-state index in [0.717, 1.165) is 11.1 Å². The third-order valence-electron chi connectivity index (χ3n) is 3.10. The molecule has 0 fully saturated rings. The SMILES string of the molecule is COC(=O)C(C)CSCc1cn2ccccc2c1C#N. The molecule has 104 valence electrons. The summed E-state index contributed by atoms with van der Waals surface area (Å²) in [7, 11) is 1.40. The topological polar surface area (TPSA) is 54.5 Å². The molecule has 2 aromatic heterocycles. The van der Waals surface area contributed by atoms with Crippen LogP contribution >= 0.6 is 11.8 Å². The molecule has 0 aliphatic heterocycles. The van der Waals surface area contributed by atoms with Crippen LogP contribution in [0.2, 0.25) is 0 Å². The molecule has 0 bridgehead atoms. The molecule has 1 unspecified atom stereocenters. The van der Waals surface area contributed by atoms with E-state index < -0.39 is 0 Å². The number of esters is 1. The molecule has 2 aromatic rings. The van der Waals surface area contributed by atoms with Gasteiger partial charge in [-0.05, 0) is 17.7 Å². The lowest BCUT2D eigenvalue weighted by Gasteiger charge is -2.07. The first kappa shape index (κ1) is 14.5. The molecule has 2 heterocycles. The van der Waals surface area contributed by atoms with Crippen LogP contribution in [0.15, 0.2) is 30.6 Å². The molecular weight excluding hydrogens is 272 g/mol. The van der Waals surface area contributed by atoms with Gasteiger partial charge in [0.05, 0.1) is 24.1 Å². The minimum absolute atomic E-state index is 0.132. The smallest absolute Gasteiger partial charge is 0.309 e. The second kappa shape index (κ2) is 6.49. The molecule has 0 aliphatic carbocycles. The minimum atomic E-state index is -0.194. The van der Waals surface area contributed by atoms with Crippen molar-refractivity contribution in [2.45, 2.75) is 12.7 Å². The van der Waals surface area contributed by atoms with Gasteiger partial charge in [0.2, 0.25) is 0 Å². The third-order valence-corrected chi connectivity index (χ3v) is 4.35. The van der Waals surface area contributed by atoms with E-state index in [1.165, 1.54) is 7.11 Å². The average molecular weight is 288 g/mol. The van der Waals surface area contributed by atoms with Gasteiger partial charge in [-0.3, -0.25) is 4.79 Å². The Balaban J connectivity index is 2.07. The summed E-state index contributed by atoms with van der Waals surface area (Å²) in [5.74, 6) is 1.07. The van der Waals surface area contributed by atoms with Gasteiger partial charge in [-0.25, -0.2) is 0 Å². The van der Waals surface area contributed by atoms with Crippen LogP contribution in [0.25, 0.3) is 5.52 Å². The standard InChI is InChI=1S/C15H16N2O2S/c1-11(15(18)19-2)9-20-10-12-8-17-6-4-3-5-14(17)13(12)7-16/h3-6,8,11H,9-10H2,1-2H3. The second-order valence-corrected chi connectivity index (χ2v) is 5.60. The number of fused-ring (bicyclic) bond motifs is 1. The number of ether oxygens (including phenoxy) is 1. The normalized spacial score (nSPS) is 12.1. The van der Waals surface area contributed by atoms with E-state index in [-0.39, 0.29) is 11.9 Å². The highest BCUT2D eigenvalue weighted by Gasteiger charge is 2.14. The Labute approximate surface area is 122 Å². The van der Waals surface area contributed by atoms with Gasteiger partial charge >= 0.3 is 5.97 Å². The van der Waals surface area contributed by atoms with Crippen molar-refractivity contribution in [3.8, 4) is 6.07 Å². The van der Waals surface area contributed by atoms with Crippen molar-refractivity contribution < 1.29 is 9.53 Å². The number of carbonyl (C=O) groups is 1. The summed E-state index contributed by atoms with van der Waals surface area (Å²) in [6, 6.07) is 8.06. The first-order valence-corrected chi connectivity index (χ1v) is 7.47. The van der Waals surface area contributed by atoms with Crippen LogP contribution in [-0.4, -0.2) is 23.2 Å². The van der Waals surface area contributed by atoms with Crippen LogP contribution in [0.1, 0.15) is 18.1 Å². The fourth-order valence-electron chi connectivity index (χ4n) is 2.03. The monoisotopic (exact) mass is 288 g/mol. The summed E-state index contributed by atoms with van der Waals surface area (Å²) in [5.41, 5.74) is 2.64. The zero-order valence-electron chi connectivity index (χ0n) is 11.5. The highest BCUT2D eigenvalue weighted by Crippen LogP contribution is 2.23. The maximum absolute atomic E-state index is 11.3. The maximum atomic E-state index is 11.3. The van der Waals surface area contributed by atoms with Crippen LogP contribution in [-0.2, 0) is 15.3 Å². The first-order chi connectivity index (χ1) is 9.67. The van der Waals surface area contributed by atoms with Gasteiger partial charge in [0.1, 0.15) is 6.07 Å². The van der Waals surface area contributed by atoms with Gasteiger partial charge in [-0.1, -0.05) is 13.0 Å². The molecule has 1 atom stereocenters. The number of hydrogen-bond donors (Lipinski definition) is 0. The van der Waals surface area contributed by atoms with Gasteiger partial charge in [0.25, 0.3) is 0 Å². The Kier molecular flexibility index (Phi) is 4.70. The van der Waals surface area contributed by atoms with Gasteiger partial charge in [0, 0.05) is 23.9 Å². The van der Waals surface area contributed by atoms with E-state index >= 15 is 0 Å².